The van der Waals surface area contributed by atoms with E-state index in [1.165, 1.54) is 34.1 Å². The maximum Gasteiger partial charge on any atom is 0.317 e. The molecule has 0 saturated heterocycles. The third-order valence-electron chi connectivity index (χ3n) is 4.53. The van der Waals surface area contributed by atoms with E-state index in [0.717, 1.165) is 18.4 Å². The molecule has 0 atom stereocenters. The van der Waals surface area contributed by atoms with Crippen LogP contribution in [0.25, 0.3) is 0 Å². The minimum absolute atomic E-state index is 0.178. The van der Waals surface area contributed by atoms with Crippen LogP contribution in [0.15, 0.2) is 41.3 Å². The van der Waals surface area contributed by atoms with Crippen LogP contribution >= 0.6 is 0 Å². The first-order valence-corrected chi connectivity index (χ1v) is 11.5. The number of nitrogens with zero attached hydrogens (tertiary/aromatic N) is 2. The molecule has 0 fully saturated rings. The van der Waals surface area contributed by atoms with Crippen LogP contribution in [0.4, 0.5) is 0 Å². The van der Waals surface area contributed by atoms with Crippen LogP contribution in [0.5, 0.6) is 0 Å². The quantitative estimate of drug-likeness (QED) is 0.246. The van der Waals surface area contributed by atoms with E-state index < -0.39 is 22.1 Å². The Hall–Kier alpha value is -3.09. The fraction of sp³-hybridized carbons (Fsp3) is 0.429. The Bertz CT molecular complexity index is 938. The summed E-state index contributed by atoms with van der Waals surface area (Å²) >= 11 is 0. The van der Waals surface area contributed by atoms with Gasteiger partial charge < -0.3 is 14.8 Å². The van der Waals surface area contributed by atoms with E-state index in [2.05, 4.69) is 0 Å². The molecule has 12 heteroatoms. The molecule has 182 valence electrons. The third kappa shape index (κ3) is 11.4. The predicted molar refractivity (Wildman–Crippen MR) is 115 cm³/mol. The average molecular weight is 484 g/mol. The smallest absolute Gasteiger partial charge is 0.317 e. The van der Waals surface area contributed by atoms with Crippen molar-refractivity contribution < 1.29 is 42.4 Å². The SMILES string of the molecule is Cc1ccc(S(=O)(=O)[O-])cc1.O=C(O)CN(CCCCCCN1C(=O)C=CC1=O)CC(=O)O. The summed E-state index contributed by atoms with van der Waals surface area (Å²) in [6.45, 7) is 1.99. The lowest BCUT2D eigenvalue weighted by molar-refractivity contribution is -0.142. The lowest BCUT2D eigenvalue weighted by Gasteiger charge is -2.17. The summed E-state index contributed by atoms with van der Waals surface area (Å²) in [7, 11) is -4.27. The fourth-order valence-electron chi connectivity index (χ4n) is 2.91. The number of carboxylic acids is 2. The lowest BCUT2D eigenvalue weighted by atomic mass is 10.2. The number of benzene rings is 1. The van der Waals surface area contributed by atoms with Gasteiger partial charge in [0, 0.05) is 18.7 Å². The summed E-state index contributed by atoms with van der Waals surface area (Å²) in [5, 5.41) is 17.4. The van der Waals surface area contributed by atoms with E-state index in [-0.39, 0.29) is 29.8 Å². The van der Waals surface area contributed by atoms with Crippen molar-refractivity contribution in [2.24, 2.45) is 0 Å². The van der Waals surface area contributed by atoms with Crippen molar-refractivity contribution in [1.29, 1.82) is 0 Å². The molecule has 0 aliphatic carbocycles. The topological polar surface area (TPSA) is 172 Å². The molecule has 1 aliphatic rings. The van der Waals surface area contributed by atoms with Crippen LogP contribution in [0.3, 0.4) is 0 Å². The molecule has 1 aliphatic heterocycles. The first kappa shape index (κ1) is 27.9. The van der Waals surface area contributed by atoms with Gasteiger partial charge in [-0.2, -0.15) is 0 Å². The van der Waals surface area contributed by atoms with Crippen molar-refractivity contribution in [1.82, 2.24) is 9.80 Å². The zero-order chi connectivity index (χ0) is 25.0. The molecule has 1 aromatic rings. The van der Waals surface area contributed by atoms with Crippen molar-refractivity contribution in [3.05, 3.63) is 42.0 Å². The summed E-state index contributed by atoms with van der Waals surface area (Å²) in [6.07, 6.45) is 5.40. The second kappa shape index (κ2) is 13.5. The number of carboxylic acid groups (broad SMARTS) is 2. The Balaban J connectivity index is 0.000000412. The van der Waals surface area contributed by atoms with Crippen molar-refractivity contribution in [3.8, 4) is 0 Å². The number of hydrogen-bond donors (Lipinski definition) is 2. The Labute approximate surface area is 192 Å². The molecule has 0 saturated carbocycles. The van der Waals surface area contributed by atoms with Crippen molar-refractivity contribution in [2.75, 3.05) is 26.2 Å². The molecule has 2 rings (SSSR count). The molecule has 33 heavy (non-hydrogen) atoms. The largest absolute Gasteiger partial charge is 0.744 e. The monoisotopic (exact) mass is 483 g/mol. The average Bonchev–Trinajstić information content (AvgIpc) is 3.01. The van der Waals surface area contributed by atoms with Gasteiger partial charge in [-0.3, -0.25) is 29.0 Å². The van der Waals surface area contributed by atoms with Gasteiger partial charge in [0.1, 0.15) is 10.1 Å². The summed E-state index contributed by atoms with van der Waals surface area (Å²) in [6, 6.07) is 5.78. The molecule has 11 nitrogen and oxygen atoms in total. The number of amides is 2. The second-order valence-corrected chi connectivity index (χ2v) is 8.72. The number of carbonyl (C=O) groups is 4. The van der Waals surface area contributed by atoms with Crippen LogP contribution < -0.4 is 0 Å². The maximum atomic E-state index is 11.3. The number of imide groups is 1. The minimum atomic E-state index is -4.27. The summed E-state index contributed by atoms with van der Waals surface area (Å²) < 4.78 is 31.2. The zero-order valence-electron chi connectivity index (χ0n) is 18.2. The van der Waals surface area contributed by atoms with Crippen molar-refractivity contribution in [2.45, 2.75) is 37.5 Å². The summed E-state index contributed by atoms with van der Waals surface area (Å²) in [5.74, 6) is -2.70. The van der Waals surface area contributed by atoms with E-state index in [0.29, 0.717) is 25.9 Å². The number of aryl methyl sites for hydroxylation is 1. The van der Waals surface area contributed by atoms with Crippen LogP contribution in [0.2, 0.25) is 0 Å². The van der Waals surface area contributed by atoms with E-state index in [9.17, 15) is 32.1 Å². The number of carbonyl (C=O) groups excluding carboxylic acids is 2. The maximum absolute atomic E-state index is 11.3. The van der Waals surface area contributed by atoms with Gasteiger partial charge in [0.2, 0.25) is 0 Å². The molecule has 0 aromatic heterocycles. The molecule has 0 radical (unpaired) electrons. The first-order chi connectivity index (χ1) is 15.4. The van der Waals surface area contributed by atoms with Crippen LogP contribution in [0, 0.1) is 6.92 Å². The van der Waals surface area contributed by atoms with Gasteiger partial charge in [0.15, 0.2) is 0 Å². The highest BCUT2D eigenvalue weighted by molar-refractivity contribution is 7.85. The molecule has 2 N–H and O–H groups in total. The summed E-state index contributed by atoms with van der Waals surface area (Å²) in [5.41, 5.74) is 0.928. The van der Waals surface area contributed by atoms with Gasteiger partial charge in [-0.05, 0) is 38.4 Å². The van der Waals surface area contributed by atoms with Gasteiger partial charge >= 0.3 is 11.9 Å². The third-order valence-corrected chi connectivity index (χ3v) is 5.38. The Morgan fingerprint density at radius 1 is 0.909 bits per heavy atom. The highest BCUT2D eigenvalue weighted by atomic mass is 32.2. The molecule has 2 amide bonds. The minimum Gasteiger partial charge on any atom is -0.744 e. The molecule has 0 bridgehead atoms. The van der Waals surface area contributed by atoms with Crippen molar-refractivity contribution in [3.63, 3.8) is 0 Å². The van der Waals surface area contributed by atoms with Gasteiger partial charge in [0.25, 0.3) is 11.8 Å². The number of aliphatic carboxylic acids is 2. The van der Waals surface area contributed by atoms with E-state index in [1.807, 2.05) is 6.92 Å². The standard InChI is InChI=1S/C14H20N2O6.C7H8O3S/c17-11-5-6-12(18)16(11)8-4-2-1-3-7-15(9-13(19)20)10-14(21)22;1-6-2-4-7(5-3-6)11(8,9)10/h5-6H,1-4,7-10H2,(H,19,20)(H,21,22);2-5H,1H3,(H,8,9,10)/p-1. The second-order valence-electron chi connectivity index (χ2n) is 7.34. The molecular formula is C21H27N2O9S-. The Morgan fingerprint density at radius 3 is 1.85 bits per heavy atom. The molecule has 1 heterocycles. The van der Waals surface area contributed by atoms with Crippen LogP contribution in [-0.4, -0.2) is 82.9 Å². The molecule has 0 unspecified atom stereocenters. The fourth-order valence-corrected chi connectivity index (χ4v) is 3.38. The Kier molecular flexibility index (Phi) is 11.4. The normalized spacial score (nSPS) is 13.2. The van der Waals surface area contributed by atoms with Gasteiger partial charge in [-0.1, -0.05) is 30.5 Å². The highest BCUT2D eigenvalue weighted by Crippen LogP contribution is 2.09. The molecule has 0 spiro atoms. The lowest BCUT2D eigenvalue weighted by Crippen LogP contribution is -2.35. The van der Waals surface area contributed by atoms with Crippen LogP contribution in [-0.2, 0) is 29.3 Å². The van der Waals surface area contributed by atoms with E-state index >= 15 is 0 Å². The molecule has 1 aromatic carbocycles. The van der Waals surface area contributed by atoms with Gasteiger partial charge in [-0.15, -0.1) is 0 Å². The summed E-state index contributed by atoms with van der Waals surface area (Å²) in [4.78, 5) is 46.2. The number of rotatable bonds is 12. The highest BCUT2D eigenvalue weighted by Gasteiger charge is 2.22. The molecular weight excluding hydrogens is 456 g/mol. The van der Waals surface area contributed by atoms with Crippen molar-refractivity contribution >= 4 is 33.9 Å². The van der Waals surface area contributed by atoms with Gasteiger partial charge in [-0.25, -0.2) is 8.42 Å². The number of hydrogen-bond acceptors (Lipinski definition) is 8. The first-order valence-electron chi connectivity index (χ1n) is 10.1. The van der Waals surface area contributed by atoms with Crippen LogP contribution in [0.1, 0.15) is 31.2 Å². The Morgan fingerprint density at radius 2 is 1.39 bits per heavy atom. The number of unbranched alkanes of at least 4 members (excludes halogenated alkanes) is 3. The van der Waals surface area contributed by atoms with E-state index in [4.69, 9.17) is 10.2 Å². The van der Waals surface area contributed by atoms with E-state index in [1.54, 1.807) is 12.1 Å². The van der Waals surface area contributed by atoms with Gasteiger partial charge in [0.05, 0.1) is 18.0 Å². The predicted octanol–water partition coefficient (Wildman–Crippen LogP) is 0.842. The zero-order valence-corrected chi connectivity index (χ0v) is 19.0.